The number of anilines is 1. The highest BCUT2D eigenvalue weighted by Gasteiger charge is 2.39. The molecule has 2 aliphatic heterocycles. The molecule has 0 aliphatic carbocycles. The van der Waals surface area contributed by atoms with Crippen molar-refractivity contribution in [3.63, 3.8) is 0 Å². The van der Waals surface area contributed by atoms with Gasteiger partial charge in [-0.3, -0.25) is 9.59 Å². The number of carboxylic acids is 1. The predicted molar refractivity (Wildman–Crippen MR) is 80.8 cm³/mol. The van der Waals surface area contributed by atoms with Crippen molar-refractivity contribution >= 4 is 23.5 Å². The smallest absolute Gasteiger partial charge is 0.334 e. The van der Waals surface area contributed by atoms with Gasteiger partial charge in [0.25, 0.3) is 0 Å². The van der Waals surface area contributed by atoms with Crippen LogP contribution in [0.5, 0.6) is 0 Å². The van der Waals surface area contributed by atoms with E-state index in [2.05, 4.69) is 0 Å². The van der Waals surface area contributed by atoms with E-state index in [-0.39, 0.29) is 44.3 Å². The molecule has 0 saturated carbocycles. The molecule has 2 fully saturated rings. The fourth-order valence-electron chi connectivity index (χ4n) is 3.07. The number of hydrogen-bond donors (Lipinski definition) is 1. The molecule has 2 heterocycles. The Kier molecular flexibility index (Phi) is 4.67. The van der Waals surface area contributed by atoms with Crippen molar-refractivity contribution in [1.29, 1.82) is 0 Å². The summed E-state index contributed by atoms with van der Waals surface area (Å²) in [7, 11) is 0. The molecule has 1 aromatic carbocycles. The first-order valence-corrected chi connectivity index (χ1v) is 7.75. The third kappa shape index (κ3) is 3.60. The zero-order valence-electron chi connectivity index (χ0n) is 13.2. The van der Waals surface area contributed by atoms with Crippen LogP contribution in [0.1, 0.15) is 6.42 Å². The number of carbonyl (C=O) groups is 3. The van der Waals surface area contributed by atoms with Crippen molar-refractivity contribution in [2.45, 2.75) is 12.5 Å². The molecule has 9 heteroatoms. The molecule has 2 saturated heterocycles. The van der Waals surface area contributed by atoms with E-state index in [0.717, 1.165) is 12.1 Å². The van der Waals surface area contributed by atoms with Crippen molar-refractivity contribution in [1.82, 2.24) is 4.90 Å². The Morgan fingerprint density at radius 1 is 1.16 bits per heavy atom. The van der Waals surface area contributed by atoms with Crippen molar-refractivity contribution < 1.29 is 33.0 Å². The van der Waals surface area contributed by atoms with Crippen LogP contribution in [0.15, 0.2) is 18.2 Å². The van der Waals surface area contributed by atoms with Crippen LogP contribution < -0.4 is 4.90 Å². The number of halogens is 2. The molecule has 134 valence electrons. The summed E-state index contributed by atoms with van der Waals surface area (Å²) in [6.45, 7) is 0.243. The molecule has 0 bridgehead atoms. The highest BCUT2D eigenvalue weighted by molar-refractivity contribution is 6.00. The minimum absolute atomic E-state index is 0.00431. The molecule has 0 unspecified atom stereocenters. The summed E-state index contributed by atoms with van der Waals surface area (Å²) in [5.74, 6) is -4.23. The first-order chi connectivity index (χ1) is 11.8. The Balaban J connectivity index is 1.71. The number of nitrogens with zero attached hydrogens (tertiary/aromatic N) is 2. The molecular weight excluding hydrogens is 338 g/mol. The number of morpholine rings is 1. The Labute approximate surface area is 141 Å². The number of hydrogen-bond acceptors (Lipinski definition) is 4. The van der Waals surface area contributed by atoms with E-state index >= 15 is 0 Å². The Bertz CT molecular complexity index is 706. The third-order valence-electron chi connectivity index (χ3n) is 4.29. The van der Waals surface area contributed by atoms with E-state index in [0.29, 0.717) is 6.07 Å². The van der Waals surface area contributed by atoms with Gasteiger partial charge in [-0.2, -0.15) is 0 Å². The van der Waals surface area contributed by atoms with E-state index in [1.54, 1.807) is 0 Å². The largest absolute Gasteiger partial charge is 0.479 e. The van der Waals surface area contributed by atoms with Crippen LogP contribution in [-0.4, -0.2) is 60.1 Å². The van der Waals surface area contributed by atoms with Gasteiger partial charge in [-0.1, -0.05) is 0 Å². The molecule has 3 rings (SSSR count). The van der Waals surface area contributed by atoms with Crippen LogP contribution in [0.3, 0.4) is 0 Å². The fourth-order valence-corrected chi connectivity index (χ4v) is 3.07. The van der Waals surface area contributed by atoms with Crippen molar-refractivity contribution in [3.8, 4) is 0 Å². The van der Waals surface area contributed by atoms with Gasteiger partial charge in [0.2, 0.25) is 11.8 Å². The maximum Gasteiger partial charge on any atom is 0.334 e. The Morgan fingerprint density at radius 3 is 2.48 bits per heavy atom. The number of aliphatic carboxylic acids is 1. The van der Waals surface area contributed by atoms with Gasteiger partial charge >= 0.3 is 5.97 Å². The molecule has 0 aromatic heterocycles. The summed E-state index contributed by atoms with van der Waals surface area (Å²) >= 11 is 0. The van der Waals surface area contributed by atoms with Crippen LogP contribution in [-0.2, 0) is 19.1 Å². The maximum atomic E-state index is 13.4. The van der Waals surface area contributed by atoms with Gasteiger partial charge < -0.3 is 19.6 Å². The zero-order chi connectivity index (χ0) is 18.1. The van der Waals surface area contributed by atoms with Crippen molar-refractivity contribution in [3.05, 3.63) is 29.8 Å². The van der Waals surface area contributed by atoms with Crippen LogP contribution in [0.25, 0.3) is 0 Å². The lowest BCUT2D eigenvalue weighted by molar-refractivity contribution is -0.160. The van der Waals surface area contributed by atoms with Crippen LogP contribution in [0.4, 0.5) is 14.5 Å². The summed E-state index contributed by atoms with van der Waals surface area (Å²) in [5.41, 5.74) is 0.0585. The number of benzene rings is 1. The number of ether oxygens (including phenoxy) is 1. The zero-order valence-corrected chi connectivity index (χ0v) is 13.2. The first-order valence-electron chi connectivity index (χ1n) is 7.75. The molecule has 0 radical (unpaired) electrons. The van der Waals surface area contributed by atoms with Gasteiger partial charge in [0, 0.05) is 31.3 Å². The second kappa shape index (κ2) is 6.75. The van der Waals surface area contributed by atoms with Crippen molar-refractivity contribution in [2.75, 3.05) is 31.1 Å². The number of carbonyl (C=O) groups excluding carboxylic acids is 2. The van der Waals surface area contributed by atoms with Gasteiger partial charge in [-0.15, -0.1) is 0 Å². The molecule has 2 atom stereocenters. The molecule has 2 amide bonds. The normalized spacial score (nSPS) is 23.8. The van der Waals surface area contributed by atoms with Gasteiger partial charge in [0.15, 0.2) is 6.10 Å². The summed E-state index contributed by atoms with van der Waals surface area (Å²) in [6, 6.07) is 2.76. The third-order valence-corrected chi connectivity index (χ3v) is 4.29. The van der Waals surface area contributed by atoms with E-state index < -0.39 is 35.5 Å². The molecule has 7 nitrogen and oxygen atoms in total. The highest BCUT2D eigenvalue weighted by Crippen LogP contribution is 2.28. The maximum absolute atomic E-state index is 13.4. The van der Waals surface area contributed by atoms with Gasteiger partial charge in [-0.05, 0) is 12.1 Å². The van der Waals surface area contributed by atoms with Gasteiger partial charge in [-0.25, -0.2) is 13.6 Å². The van der Waals surface area contributed by atoms with E-state index in [9.17, 15) is 23.2 Å². The quantitative estimate of drug-likeness (QED) is 0.860. The monoisotopic (exact) mass is 354 g/mol. The lowest BCUT2D eigenvalue weighted by Crippen LogP contribution is -2.50. The Hall–Kier alpha value is -2.55. The van der Waals surface area contributed by atoms with Crippen LogP contribution >= 0.6 is 0 Å². The topological polar surface area (TPSA) is 87.2 Å². The molecule has 0 spiro atoms. The second-order valence-electron chi connectivity index (χ2n) is 6.01. The predicted octanol–water partition coefficient (Wildman–Crippen LogP) is 0.630. The first kappa shape index (κ1) is 17.3. The summed E-state index contributed by atoms with van der Waals surface area (Å²) in [6.07, 6.45) is -1.19. The molecule has 1 aromatic rings. The molecule has 1 N–H and O–H groups in total. The Morgan fingerprint density at radius 2 is 1.84 bits per heavy atom. The molecule has 25 heavy (non-hydrogen) atoms. The minimum Gasteiger partial charge on any atom is -0.479 e. The van der Waals surface area contributed by atoms with Crippen LogP contribution in [0.2, 0.25) is 0 Å². The van der Waals surface area contributed by atoms with Gasteiger partial charge in [0.05, 0.1) is 19.1 Å². The average molecular weight is 354 g/mol. The van der Waals surface area contributed by atoms with E-state index in [1.165, 1.54) is 9.80 Å². The summed E-state index contributed by atoms with van der Waals surface area (Å²) in [5, 5.41) is 8.99. The van der Waals surface area contributed by atoms with Crippen molar-refractivity contribution in [2.24, 2.45) is 5.92 Å². The van der Waals surface area contributed by atoms with Gasteiger partial charge in [0.1, 0.15) is 11.6 Å². The second-order valence-corrected chi connectivity index (χ2v) is 6.01. The summed E-state index contributed by atoms with van der Waals surface area (Å²) < 4.78 is 31.8. The van der Waals surface area contributed by atoms with E-state index in [1.807, 2.05) is 0 Å². The van der Waals surface area contributed by atoms with Crippen LogP contribution in [0, 0.1) is 17.6 Å². The lowest BCUT2D eigenvalue weighted by atomic mass is 10.1. The summed E-state index contributed by atoms with van der Waals surface area (Å²) in [4.78, 5) is 38.3. The number of carboxylic acid groups (broad SMARTS) is 1. The van der Waals surface area contributed by atoms with E-state index in [4.69, 9.17) is 9.84 Å². The average Bonchev–Trinajstić information content (AvgIpc) is 2.95. The highest BCUT2D eigenvalue weighted by atomic mass is 19.1. The lowest BCUT2D eigenvalue weighted by Gasteiger charge is -2.32. The molecule has 2 aliphatic rings. The minimum atomic E-state index is -1.16. The SMILES string of the molecule is O=C(O)[C@H]1CN(C(=O)[C@@H]2CC(=O)N(c3cc(F)cc(F)c3)C2)CCO1. The number of amides is 2. The number of rotatable bonds is 3. The fraction of sp³-hybridized carbons (Fsp3) is 0.438. The molecular formula is C16H16F2N2O5. The standard InChI is InChI=1S/C16H16F2N2O5/c17-10-4-11(18)6-12(5-10)20-7-9(3-14(20)21)15(22)19-1-2-25-13(8-19)16(23)24/h4-6,9,13H,1-3,7-8H2,(H,23,24)/t9-,13-/m1/s1.